The van der Waals surface area contributed by atoms with Gasteiger partial charge >= 0.3 is 6.18 Å². The second-order valence-electron chi connectivity index (χ2n) is 5.73. The molecule has 0 saturated carbocycles. The molecule has 0 fully saturated rings. The Morgan fingerprint density at radius 3 is 2.61 bits per heavy atom. The number of alkyl halides is 3. The first-order valence-corrected chi connectivity index (χ1v) is 9.24. The van der Waals surface area contributed by atoms with Gasteiger partial charge in [-0.25, -0.2) is 14.6 Å². The molecule has 0 saturated heterocycles. The highest BCUT2D eigenvalue weighted by molar-refractivity contribution is 7.09. The van der Waals surface area contributed by atoms with Gasteiger partial charge in [-0.05, 0) is 17.7 Å². The average molecular weight is 409 g/mol. The second kappa shape index (κ2) is 8.83. The number of nitrogens with zero attached hydrogens (tertiary/aromatic N) is 5. The van der Waals surface area contributed by atoms with Gasteiger partial charge in [-0.1, -0.05) is 12.1 Å². The predicted octanol–water partition coefficient (Wildman–Crippen LogP) is 2.65. The van der Waals surface area contributed by atoms with E-state index < -0.39 is 11.9 Å². The fraction of sp³-hybridized carbons (Fsp3) is 0.294. The number of guanidine groups is 1. The number of hydrogen-bond donors (Lipinski definition) is 2. The summed E-state index contributed by atoms with van der Waals surface area (Å²) >= 11 is 1.00. The van der Waals surface area contributed by atoms with E-state index in [-0.39, 0.29) is 0 Å². The predicted molar refractivity (Wildman–Crippen MR) is 100 cm³/mol. The lowest BCUT2D eigenvalue weighted by molar-refractivity contribution is -0.140. The molecule has 0 aliphatic rings. The summed E-state index contributed by atoms with van der Waals surface area (Å²) in [6.07, 6.45) is -0.919. The SMILES string of the molecule is CN=C(NCCc1nc(C(F)(F)F)cs1)NCc1ccc(-n2cncn2)cc1. The molecule has 0 atom stereocenters. The zero-order valence-corrected chi connectivity index (χ0v) is 15.8. The molecule has 0 aliphatic heterocycles. The highest BCUT2D eigenvalue weighted by Gasteiger charge is 2.33. The van der Waals surface area contributed by atoms with Gasteiger partial charge in [0.05, 0.1) is 10.7 Å². The van der Waals surface area contributed by atoms with Crippen LogP contribution in [0.1, 0.15) is 16.3 Å². The summed E-state index contributed by atoms with van der Waals surface area (Å²) in [6, 6.07) is 7.79. The summed E-state index contributed by atoms with van der Waals surface area (Å²) in [5.74, 6) is 0.563. The number of nitrogens with one attached hydrogen (secondary N) is 2. The van der Waals surface area contributed by atoms with Gasteiger partial charge in [0.2, 0.25) is 0 Å². The quantitative estimate of drug-likeness (QED) is 0.483. The van der Waals surface area contributed by atoms with E-state index in [9.17, 15) is 13.2 Å². The first-order valence-electron chi connectivity index (χ1n) is 8.36. The van der Waals surface area contributed by atoms with Crippen LogP contribution >= 0.6 is 11.3 Å². The van der Waals surface area contributed by atoms with Gasteiger partial charge in [0, 0.05) is 31.9 Å². The number of hydrogen-bond acceptors (Lipinski definition) is 5. The van der Waals surface area contributed by atoms with Crippen LogP contribution in [0.5, 0.6) is 0 Å². The monoisotopic (exact) mass is 409 g/mol. The average Bonchev–Trinajstić information content (AvgIpc) is 3.36. The third-order valence-electron chi connectivity index (χ3n) is 3.78. The highest BCUT2D eigenvalue weighted by atomic mass is 32.1. The molecule has 28 heavy (non-hydrogen) atoms. The molecule has 7 nitrogen and oxygen atoms in total. The minimum absolute atomic E-state index is 0.383. The number of aliphatic imine (C=N–C) groups is 1. The number of thiazole rings is 1. The fourth-order valence-corrected chi connectivity index (χ4v) is 3.16. The van der Waals surface area contributed by atoms with Crippen LogP contribution in [0.25, 0.3) is 5.69 Å². The lowest BCUT2D eigenvalue weighted by Gasteiger charge is -2.11. The van der Waals surface area contributed by atoms with Crippen LogP contribution in [-0.4, -0.2) is 39.3 Å². The maximum Gasteiger partial charge on any atom is 0.434 e. The third kappa shape index (κ3) is 5.28. The van der Waals surface area contributed by atoms with Crippen LogP contribution in [-0.2, 0) is 19.1 Å². The second-order valence-corrected chi connectivity index (χ2v) is 6.68. The van der Waals surface area contributed by atoms with Gasteiger partial charge < -0.3 is 10.6 Å². The van der Waals surface area contributed by atoms with Crippen molar-refractivity contribution >= 4 is 17.3 Å². The Kier molecular flexibility index (Phi) is 6.24. The van der Waals surface area contributed by atoms with Crippen LogP contribution in [0.3, 0.4) is 0 Å². The molecule has 148 valence electrons. The van der Waals surface area contributed by atoms with Gasteiger partial charge in [-0.3, -0.25) is 4.99 Å². The third-order valence-corrected chi connectivity index (χ3v) is 4.69. The van der Waals surface area contributed by atoms with E-state index in [1.165, 1.54) is 6.33 Å². The number of halogens is 3. The zero-order chi connectivity index (χ0) is 20.0. The molecule has 3 aromatic rings. The van der Waals surface area contributed by atoms with E-state index in [2.05, 4.69) is 30.7 Å². The van der Waals surface area contributed by atoms with Crippen molar-refractivity contribution in [1.29, 1.82) is 0 Å². The maximum atomic E-state index is 12.6. The zero-order valence-electron chi connectivity index (χ0n) is 14.9. The molecule has 0 radical (unpaired) electrons. The molecule has 2 heterocycles. The Balaban J connectivity index is 1.45. The maximum absolute atomic E-state index is 12.6. The summed E-state index contributed by atoms with van der Waals surface area (Å²) in [7, 11) is 1.63. The molecule has 1 aromatic carbocycles. The van der Waals surface area contributed by atoms with Crippen LogP contribution in [0.4, 0.5) is 13.2 Å². The lowest BCUT2D eigenvalue weighted by atomic mass is 10.2. The van der Waals surface area contributed by atoms with Crippen molar-refractivity contribution in [3.8, 4) is 5.69 Å². The first kappa shape index (κ1) is 19.8. The summed E-state index contributed by atoms with van der Waals surface area (Å²) < 4.78 is 39.4. The molecule has 2 N–H and O–H groups in total. The number of benzene rings is 1. The smallest absolute Gasteiger partial charge is 0.356 e. The molecule has 0 unspecified atom stereocenters. The minimum Gasteiger partial charge on any atom is -0.356 e. The van der Waals surface area contributed by atoms with Gasteiger partial charge in [0.1, 0.15) is 12.7 Å². The van der Waals surface area contributed by atoms with E-state index in [1.807, 2.05) is 24.3 Å². The van der Waals surface area contributed by atoms with Crippen LogP contribution in [0.15, 0.2) is 47.3 Å². The van der Waals surface area contributed by atoms with Crippen LogP contribution in [0, 0.1) is 0 Å². The molecule has 0 spiro atoms. The summed E-state index contributed by atoms with van der Waals surface area (Å²) in [5, 5.41) is 11.8. The fourth-order valence-electron chi connectivity index (χ4n) is 2.36. The summed E-state index contributed by atoms with van der Waals surface area (Å²) in [5.41, 5.74) is 1.11. The van der Waals surface area contributed by atoms with Gasteiger partial charge in [-0.15, -0.1) is 11.3 Å². The molecule has 11 heteroatoms. The van der Waals surface area contributed by atoms with Crippen molar-refractivity contribution in [2.45, 2.75) is 19.1 Å². The van der Waals surface area contributed by atoms with Crippen molar-refractivity contribution in [1.82, 2.24) is 30.4 Å². The summed E-state index contributed by atoms with van der Waals surface area (Å²) in [4.78, 5) is 11.6. The normalized spacial score (nSPS) is 12.2. The topological polar surface area (TPSA) is 80.0 Å². The van der Waals surface area contributed by atoms with E-state index in [0.29, 0.717) is 30.5 Å². The van der Waals surface area contributed by atoms with Crippen molar-refractivity contribution in [3.05, 3.63) is 58.6 Å². The van der Waals surface area contributed by atoms with E-state index in [4.69, 9.17) is 0 Å². The first-order chi connectivity index (χ1) is 13.5. The highest BCUT2D eigenvalue weighted by Crippen LogP contribution is 2.29. The van der Waals surface area contributed by atoms with Crippen LogP contribution < -0.4 is 10.6 Å². The van der Waals surface area contributed by atoms with E-state index in [1.54, 1.807) is 18.1 Å². The van der Waals surface area contributed by atoms with Crippen LogP contribution in [0.2, 0.25) is 0 Å². The Morgan fingerprint density at radius 2 is 2.00 bits per heavy atom. The molecule has 3 rings (SSSR count). The van der Waals surface area contributed by atoms with Crippen molar-refractivity contribution < 1.29 is 13.2 Å². The van der Waals surface area contributed by atoms with Gasteiger partial charge in [0.25, 0.3) is 0 Å². The van der Waals surface area contributed by atoms with Crippen molar-refractivity contribution in [2.75, 3.05) is 13.6 Å². The standard InChI is InChI=1S/C17H18F3N7S/c1-21-16(23-7-6-15-26-14(9-28-15)17(18,19)20)24-8-12-2-4-13(5-3-12)27-11-22-10-25-27/h2-5,9-11H,6-8H2,1H3,(H2,21,23,24). The number of rotatable bonds is 6. The largest absolute Gasteiger partial charge is 0.434 e. The molecule has 2 aromatic heterocycles. The Morgan fingerprint density at radius 1 is 1.21 bits per heavy atom. The lowest BCUT2D eigenvalue weighted by Crippen LogP contribution is -2.37. The summed E-state index contributed by atoms with van der Waals surface area (Å²) in [6.45, 7) is 0.975. The molecule has 0 bridgehead atoms. The number of aromatic nitrogens is 4. The molecule has 0 aliphatic carbocycles. The Hall–Kier alpha value is -2.95. The molecular formula is C17H18F3N7S. The van der Waals surface area contributed by atoms with Gasteiger partial charge in [-0.2, -0.15) is 18.3 Å². The minimum atomic E-state index is -4.40. The Bertz CT molecular complexity index is 902. The van der Waals surface area contributed by atoms with E-state index >= 15 is 0 Å². The molecule has 0 amide bonds. The Labute approximate surface area is 163 Å². The molecular weight excluding hydrogens is 391 g/mol. The van der Waals surface area contributed by atoms with Crippen molar-refractivity contribution in [3.63, 3.8) is 0 Å². The van der Waals surface area contributed by atoms with Gasteiger partial charge in [0.15, 0.2) is 11.7 Å². The van der Waals surface area contributed by atoms with E-state index in [0.717, 1.165) is 28.0 Å². The van der Waals surface area contributed by atoms with Crippen molar-refractivity contribution in [2.24, 2.45) is 4.99 Å².